The monoisotopic (exact) mass is 253 g/mol. The van der Waals surface area contributed by atoms with E-state index in [-0.39, 0.29) is 5.75 Å². The van der Waals surface area contributed by atoms with Crippen molar-refractivity contribution in [3.63, 3.8) is 0 Å². The molecule has 0 atom stereocenters. The van der Waals surface area contributed by atoms with Gasteiger partial charge in [0.05, 0.1) is 11.7 Å². The summed E-state index contributed by atoms with van der Waals surface area (Å²) in [6.45, 7) is 1.83. The Hall–Kier alpha value is -2.69. The molecule has 2 aromatic heterocycles. The molecule has 0 amide bonds. The largest absolute Gasteiger partial charge is 0.506 e. The molecule has 2 heterocycles. The number of benzene rings is 1. The van der Waals surface area contributed by atoms with Gasteiger partial charge in [0, 0.05) is 22.7 Å². The van der Waals surface area contributed by atoms with Crippen LogP contribution in [0, 0.1) is 6.92 Å². The van der Waals surface area contributed by atoms with E-state index in [1.54, 1.807) is 6.20 Å². The fourth-order valence-corrected chi connectivity index (χ4v) is 2.09. The number of fused-ring (bicyclic) bond motifs is 1. The Morgan fingerprint density at radius 1 is 1.32 bits per heavy atom. The minimum absolute atomic E-state index is 0.153. The lowest BCUT2D eigenvalue weighted by atomic mass is 10.0. The number of rotatable bonds is 2. The lowest BCUT2D eigenvalue weighted by Gasteiger charge is -2.07. The van der Waals surface area contributed by atoms with Crippen LogP contribution < -0.4 is 0 Å². The van der Waals surface area contributed by atoms with Crippen LogP contribution in [0.15, 0.2) is 30.6 Å². The van der Waals surface area contributed by atoms with Gasteiger partial charge in [0.1, 0.15) is 11.4 Å². The van der Waals surface area contributed by atoms with E-state index in [9.17, 15) is 9.90 Å². The first-order valence-corrected chi connectivity index (χ1v) is 5.78. The highest BCUT2D eigenvalue weighted by molar-refractivity contribution is 5.97. The number of pyridine rings is 1. The van der Waals surface area contributed by atoms with E-state index < -0.39 is 0 Å². The third kappa shape index (κ3) is 1.76. The van der Waals surface area contributed by atoms with Gasteiger partial charge in [-0.1, -0.05) is 6.07 Å². The maximum atomic E-state index is 10.9. The maximum absolute atomic E-state index is 10.9. The topological polar surface area (TPSA) is 78.9 Å². The van der Waals surface area contributed by atoms with Gasteiger partial charge in [-0.2, -0.15) is 5.10 Å². The Bertz CT molecular complexity index is 777. The number of nitrogens with one attached hydrogen (secondary N) is 1. The van der Waals surface area contributed by atoms with Crippen molar-refractivity contribution >= 4 is 17.2 Å². The first-order valence-electron chi connectivity index (χ1n) is 5.78. The Labute approximate surface area is 108 Å². The molecule has 1 aromatic carbocycles. The number of carbonyl (C=O) groups is 1. The quantitative estimate of drug-likeness (QED) is 0.687. The van der Waals surface area contributed by atoms with Crippen molar-refractivity contribution in [1.82, 2.24) is 15.2 Å². The number of aldehydes is 1. The highest BCUT2D eigenvalue weighted by atomic mass is 16.3. The molecule has 3 aromatic rings. The smallest absolute Gasteiger partial charge is 0.168 e. The van der Waals surface area contributed by atoms with Crippen molar-refractivity contribution in [2.24, 2.45) is 0 Å². The van der Waals surface area contributed by atoms with E-state index in [4.69, 9.17) is 0 Å². The van der Waals surface area contributed by atoms with Crippen molar-refractivity contribution in [1.29, 1.82) is 0 Å². The summed E-state index contributed by atoms with van der Waals surface area (Å²) in [6.07, 6.45) is 3.84. The molecule has 0 aliphatic rings. The van der Waals surface area contributed by atoms with Crippen LogP contribution in [0.3, 0.4) is 0 Å². The second kappa shape index (κ2) is 4.20. The molecular formula is C14H11N3O2. The normalized spacial score (nSPS) is 10.8. The van der Waals surface area contributed by atoms with Crippen LogP contribution in [-0.2, 0) is 0 Å². The van der Waals surface area contributed by atoms with Gasteiger partial charge in [-0.05, 0) is 24.6 Å². The molecule has 0 saturated heterocycles. The molecule has 0 unspecified atom stereocenters. The van der Waals surface area contributed by atoms with Gasteiger partial charge in [-0.15, -0.1) is 0 Å². The van der Waals surface area contributed by atoms with Gasteiger partial charge in [0.15, 0.2) is 6.29 Å². The first-order chi connectivity index (χ1) is 9.20. The SMILES string of the molecule is Cc1c(O)cncc1-c1ccc2n[nH]c(C=O)c2c1. The molecule has 0 spiro atoms. The number of carbonyl (C=O) groups excluding carboxylic acids is 1. The minimum Gasteiger partial charge on any atom is -0.506 e. The number of hydrogen-bond donors (Lipinski definition) is 2. The fourth-order valence-electron chi connectivity index (χ4n) is 2.09. The van der Waals surface area contributed by atoms with E-state index in [0.29, 0.717) is 5.69 Å². The Morgan fingerprint density at radius 3 is 2.95 bits per heavy atom. The predicted molar refractivity (Wildman–Crippen MR) is 71.1 cm³/mol. The van der Waals surface area contributed by atoms with Crippen molar-refractivity contribution < 1.29 is 9.90 Å². The van der Waals surface area contributed by atoms with Crippen LogP contribution >= 0.6 is 0 Å². The summed E-state index contributed by atoms with van der Waals surface area (Å²) in [6, 6.07) is 5.59. The molecule has 94 valence electrons. The maximum Gasteiger partial charge on any atom is 0.168 e. The van der Waals surface area contributed by atoms with Crippen molar-refractivity contribution in [2.45, 2.75) is 6.92 Å². The molecule has 19 heavy (non-hydrogen) atoms. The van der Waals surface area contributed by atoms with Gasteiger partial charge >= 0.3 is 0 Å². The summed E-state index contributed by atoms with van der Waals surface area (Å²) in [5.74, 6) is 0.153. The molecule has 0 aliphatic heterocycles. The summed E-state index contributed by atoms with van der Waals surface area (Å²) < 4.78 is 0. The molecule has 5 nitrogen and oxygen atoms in total. The van der Waals surface area contributed by atoms with Crippen molar-refractivity contribution in [2.75, 3.05) is 0 Å². The molecule has 0 radical (unpaired) electrons. The van der Waals surface area contributed by atoms with Gasteiger partial charge in [-0.3, -0.25) is 14.9 Å². The number of aromatic hydroxyl groups is 1. The Morgan fingerprint density at radius 2 is 2.16 bits per heavy atom. The van der Waals surface area contributed by atoms with Crippen LogP contribution in [0.4, 0.5) is 0 Å². The number of hydrogen-bond acceptors (Lipinski definition) is 4. The summed E-state index contributed by atoms with van der Waals surface area (Å²) in [5, 5.41) is 17.2. The molecule has 2 N–H and O–H groups in total. The van der Waals surface area contributed by atoms with E-state index in [2.05, 4.69) is 15.2 Å². The highest BCUT2D eigenvalue weighted by Crippen LogP contribution is 2.30. The third-order valence-corrected chi connectivity index (χ3v) is 3.20. The van der Waals surface area contributed by atoms with Crippen LogP contribution in [-0.4, -0.2) is 26.6 Å². The molecule has 0 aliphatic carbocycles. The number of H-pyrrole nitrogens is 1. The zero-order chi connectivity index (χ0) is 13.4. The number of nitrogens with zero attached hydrogens (tertiary/aromatic N) is 2. The minimum atomic E-state index is 0.153. The van der Waals surface area contributed by atoms with Crippen molar-refractivity contribution in [3.8, 4) is 16.9 Å². The van der Waals surface area contributed by atoms with E-state index in [1.807, 2.05) is 25.1 Å². The van der Waals surface area contributed by atoms with Gasteiger partial charge in [0.2, 0.25) is 0 Å². The molecule has 0 saturated carbocycles. The van der Waals surface area contributed by atoms with Crippen molar-refractivity contribution in [3.05, 3.63) is 41.9 Å². The predicted octanol–water partition coefficient (Wildman–Crippen LogP) is 2.45. The van der Waals surface area contributed by atoms with Crippen LogP contribution in [0.5, 0.6) is 5.75 Å². The second-order valence-electron chi connectivity index (χ2n) is 4.32. The molecule has 5 heteroatoms. The van der Waals surface area contributed by atoms with E-state index in [1.165, 1.54) is 6.20 Å². The molecule has 0 bridgehead atoms. The summed E-state index contributed by atoms with van der Waals surface area (Å²) in [4.78, 5) is 14.9. The summed E-state index contributed by atoms with van der Waals surface area (Å²) in [7, 11) is 0. The average Bonchev–Trinajstić information content (AvgIpc) is 2.84. The zero-order valence-electron chi connectivity index (χ0n) is 10.2. The summed E-state index contributed by atoms with van der Waals surface area (Å²) in [5.41, 5.74) is 3.66. The highest BCUT2D eigenvalue weighted by Gasteiger charge is 2.10. The van der Waals surface area contributed by atoms with Crippen LogP contribution in [0.1, 0.15) is 16.1 Å². The Balaban J connectivity index is 2.25. The second-order valence-corrected chi connectivity index (χ2v) is 4.32. The van der Waals surface area contributed by atoms with E-state index in [0.717, 1.165) is 33.9 Å². The Kier molecular flexibility index (Phi) is 2.52. The standard InChI is InChI=1S/C14H11N3O2/c1-8-11(5-15-6-14(8)19)9-2-3-12-10(4-9)13(7-18)17-16-12/h2-7,19H,1H3,(H,16,17). The number of aromatic nitrogens is 3. The van der Waals surface area contributed by atoms with E-state index >= 15 is 0 Å². The zero-order valence-corrected chi connectivity index (χ0v) is 10.2. The number of aromatic amines is 1. The molecule has 3 rings (SSSR count). The lowest BCUT2D eigenvalue weighted by Crippen LogP contribution is -1.87. The third-order valence-electron chi connectivity index (χ3n) is 3.20. The van der Waals surface area contributed by atoms with Crippen LogP contribution in [0.2, 0.25) is 0 Å². The first kappa shape index (κ1) is 11.4. The van der Waals surface area contributed by atoms with Gasteiger partial charge < -0.3 is 5.11 Å². The molecular weight excluding hydrogens is 242 g/mol. The average molecular weight is 253 g/mol. The fraction of sp³-hybridized carbons (Fsp3) is 0.0714. The van der Waals surface area contributed by atoms with Crippen LogP contribution in [0.25, 0.3) is 22.0 Å². The lowest BCUT2D eigenvalue weighted by molar-refractivity contribution is 0.112. The van der Waals surface area contributed by atoms with Gasteiger partial charge in [-0.25, -0.2) is 0 Å². The van der Waals surface area contributed by atoms with Gasteiger partial charge in [0.25, 0.3) is 0 Å². The summed E-state index contributed by atoms with van der Waals surface area (Å²) >= 11 is 0. The molecule has 0 fully saturated rings.